The number of hydrogen-bond donors (Lipinski definition) is 2. The molecule has 0 amide bonds. The Bertz CT molecular complexity index is 885. The van der Waals surface area contributed by atoms with Crippen molar-refractivity contribution in [3.8, 4) is 17.1 Å². The van der Waals surface area contributed by atoms with Crippen LogP contribution in [0.1, 0.15) is 25.7 Å². The lowest BCUT2D eigenvalue weighted by molar-refractivity contribution is 0.338. The van der Waals surface area contributed by atoms with E-state index in [0.717, 1.165) is 49.3 Å². The van der Waals surface area contributed by atoms with Gasteiger partial charge in [0.25, 0.3) is 0 Å². The number of hydrogen-bond acceptors (Lipinski definition) is 6. The number of ether oxygens (including phenoxy) is 1. The van der Waals surface area contributed by atoms with Crippen molar-refractivity contribution >= 4 is 11.6 Å². The van der Waals surface area contributed by atoms with Crippen molar-refractivity contribution in [2.75, 3.05) is 19.0 Å². The van der Waals surface area contributed by atoms with Gasteiger partial charge in [-0.05, 0) is 43.7 Å². The predicted molar refractivity (Wildman–Crippen MR) is 101 cm³/mol. The highest BCUT2D eigenvalue weighted by atomic mass is 16.5. The van der Waals surface area contributed by atoms with Gasteiger partial charge in [-0.25, -0.2) is 15.0 Å². The van der Waals surface area contributed by atoms with Crippen LogP contribution in [0.4, 0.5) is 5.95 Å². The van der Waals surface area contributed by atoms with E-state index in [0.29, 0.717) is 23.7 Å². The Balaban J connectivity index is 1.57. The summed E-state index contributed by atoms with van der Waals surface area (Å²) in [5.41, 5.74) is 8.47. The number of nitrogens with one attached hydrogen (secondary N) is 1. The van der Waals surface area contributed by atoms with Crippen LogP contribution in [0, 0.1) is 5.92 Å². The Kier molecular flexibility index (Phi) is 4.71. The van der Waals surface area contributed by atoms with Crippen molar-refractivity contribution < 1.29 is 4.74 Å². The molecular weight excluding hydrogens is 328 g/mol. The summed E-state index contributed by atoms with van der Waals surface area (Å²) in [6, 6.07) is 6.26. The van der Waals surface area contributed by atoms with E-state index >= 15 is 0 Å². The molecular formula is C19H24N6O. The van der Waals surface area contributed by atoms with Gasteiger partial charge in [0.2, 0.25) is 5.95 Å². The Hall–Kier alpha value is -2.67. The fourth-order valence-electron chi connectivity index (χ4n) is 3.52. The predicted octanol–water partition coefficient (Wildman–Crippen LogP) is 2.73. The van der Waals surface area contributed by atoms with Crippen LogP contribution in [0.5, 0.6) is 5.75 Å². The number of pyridine rings is 1. The minimum Gasteiger partial charge on any atom is -0.493 e. The van der Waals surface area contributed by atoms with E-state index in [4.69, 9.17) is 15.5 Å². The minimum absolute atomic E-state index is 0.366. The Morgan fingerprint density at radius 3 is 2.85 bits per heavy atom. The first-order valence-corrected chi connectivity index (χ1v) is 9.07. The molecule has 1 aliphatic carbocycles. The summed E-state index contributed by atoms with van der Waals surface area (Å²) in [6.07, 6.45) is 10.0. The molecule has 3 N–H and O–H groups in total. The van der Waals surface area contributed by atoms with Crippen molar-refractivity contribution in [3.05, 3.63) is 36.8 Å². The molecule has 7 heteroatoms. The molecule has 0 radical (unpaired) electrons. The SMILES string of the molecule is COc1cnc(NCC2CCC(N)CC2)nc1-c1cnc2ccccn12. The molecule has 3 heterocycles. The van der Waals surface area contributed by atoms with Crippen molar-refractivity contribution in [2.24, 2.45) is 11.7 Å². The monoisotopic (exact) mass is 352 g/mol. The fraction of sp³-hybridized carbons (Fsp3) is 0.421. The number of aromatic nitrogens is 4. The minimum atomic E-state index is 0.366. The molecule has 0 saturated heterocycles. The first kappa shape index (κ1) is 16.8. The van der Waals surface area contributed by atoms with Crippen LogP contribution in [-0.2, 0) is 0 Å². The van der Waals surface area contributed by atoms with Gasteiger partial charge in [0.15, 0.2) is 5.75 Å². The van der Waals surface area contributed by atoms with Gasteiger partial charge in [-0.1, -0.05) is 6.07 Å². The molecule has 4 rings (SSSR count). The third-order valence-electron chi connectivity index (χ3n) is 5.07. The Morgan fingerprint density at radius 1 is 1.19 bits per heavy atom. The number of fused-ring (bicyclic) bond motifs is 1. The van der Waals surface area contributed by atoms with Crippen molar-refractivity contribution in [1.29, 1.82) is 0 Å². The molecule has 0 atom stereocenters. The van der Waals surface area contributed by atoms with Crippen LogP contribution in [0.2, 0.25) is 0 Å². The molecule has 136 valence electrons. The third-order valence-corrected chi connectivity index (χ3v) is 5.07. The van der Waals surface area contributed by atoms with E-state index in [1.165, 1.54) is 0 Å². The molecule has 1 saturated carbocycles. The molecule has 1 aliphatic rings. The lowest BCUT2D eigenvalue weighted by Gasteiger charge is -2.26. The molecule has 1 fully saturated rings. The summed E-state index contributed by atoms with van der Waals surface area (Å²) in [6.45, 7) is 0.867. The molecule has 7 nitrogen and oxygen atoms in total. The highest BCUT2D eigenvalue weighted by Crippen LogP contribution is 2.29. The summed E-state index contributed by atoms with van der Waals surface area (Å²) in [5, 5.41) is 3.38. The Labute approximate surface area is 152 Å². The van der Waals surface area contributed by atoms with Gasteiger partial charge in [-0.3, -0.25) is 4.40 Å². The maximum absolute atomic E-state index is 5.99. The topological polar surface area (TPSA) is 90.4 Å². The first-order valence-electron chi connectivity index (χ1n) is 9.07. The highest BCUT2D eigenvalue weighted by molar-refractivity contribution is 5.66. The average molecular weight is 352 g/mol. The first-order chi connectivity index (χ1) is 12.7. The van der Waals surface area contributed by atoms with Crippen molar-refractivity contribution in [1.82, 2.24) is 19.4 Å². The molecule has 26 heavy (non-hydrogen) atoms. The van der Waals surface area contributed by atoms with Gasteiger partial charge in [-0.2, -0.15) is 0 Å². The summed E-state index contributed by atoms with van der Waals surface area (Å²) in [7, 11) is 1.63. The number of imidazole rings is 1. The van der Waals surface area contributed by atoms with E-state index in [-0.39, 0.29) is 0 Å². The maximum atomic E-state index is 5.99. The number of methoxy groups -OCH3 is 1. The van der Waals surface area contributed by atoms with E-state index in [2.05, 4.69) is 15.3 Å². The van der Waals surface area contributed by atoms with Gasteiger partial charge < -0.3 is 15.8 Å². The molecule has 0 aromatic carbocycles. The highest BCUT2D eigenvalue weighted by Gasteiger charge is 2.19. The van der Waals surface area contributed by atoms with Gasteiger partial charge in [0.05, 0.1) is 25.2 Å². The van der Waals surface area contributed by atoms with Crippen LogP contribution < -0.4 is 15.8 Å². The van der Waals surface area contributed by atoms with Gasteiger partial charge >= 0.3 is 0 Å². The summed E-state index contributed by atoms with van der Waals surface area (Å²) in [5.74, 6) is 1.87. The quantitative estimate of drug-likeness (QED) is 0.734. The lowest BCUT2D eigenvalue weighted by atomic mass is 9.86. The van der Waals surface area contributed by atoms with Crippen molar-refractivity contribution in [2.45, 2.75) is 31.7 Å². The number of anilines is 1. The standard InChI is InChI=1S/C19H24N6O/c1-26-16-12-23-19(22-10-13-5-7-14(20)8-6-13)24-18(16)15-11-21-17-4-2-3-9-25(15)17/h2-4,9,11-14H,5-8,10,20H2,1H3,(H,22,23,24). The zero-order valence-electron chi connectivity index (χ0n) is 14.9. The van der Waals surface area contributed by atoms with Gasteiger partial charge in [0, 0.05) is 18.8 Å². The van der Waals surface area contributed by atoms with E-state index in [9.17, 15) is 0 Å². The number of nitrogens with two attached hydrogens (primary N) is 1. The van der Waals surface area contributed by atoms with Crippen LogP contribution in [0.25, 0.3) is 17.0 Å². The summed E-state index contributed by atoms with van der Waals surface area (Å²) < 4.78 is 7.47. The van der Waals surface area contributed by atoms with Crippen molar-refractivity contribution in [3.63, 3.8) is 0 Å². The number of nitrogens with zero attached hydrogens (tertiary/aromatic N) is 4. The molecule has 0 aliphatic heterocycles. The molecule has 0 bridgehead atoms. The molecule has 3 aromatic rings. The van der Waals surface area contributed by atoms with E-state index < -0.39 is 0 Å². The van der Waals surface area contributed by atoms with Crippen LogP contribution in [0.15, 0.2) is 36.8 Å². The van der Waals surface area contributed by atoms with Gasteiger partial charge in [0.1, 0.15) is 11.3 Å². The Morgan fingerprint density at radius 2 is 2.04 bits per heavy atom. The summed E-state index contributed by atoms with van der Waals surface area (Å²) in [4.78, 5) is 13.5. The fourth-order valence-corrected chi connectivity index (χ4v) is 3.52. The second kappa shape index (κ2) is 7.29. The van der Waals surface area contributed by atoms with Crippen LogP contribution in [-0.4, -0.2) is 39.0 Å². The third kappa shape index (κ3) is 3.35. The van der Waals surface area contributed by atoms with Gasteiger partial charge in [-0.15, -0.1) is 0 Å². The molecule has 3 aromatic heterocycles. The second-order valence-electron chi connectivity index (χ2n) is 6.84. The van der Waals surface area contributed by atoms with Crippen LogP contribution >= 0.6 is 0 Å². The molecule has 0 unspecified atom stereocenters. The lowest BCUT2D eigenvalue weighted by Crippen LogP contribution is -2.29. The molecule has 0 spiro atoms. The normalized spacial score (nSPS) is 20.2. The largest absolute Gasteiger partial charge is 0.493 e. The smallest absolute Gasteiger partial charge is 0.223 e. The second-order valence-corrected chi connectivity index (χ2v) is 6.84. The maximum Gasteiger partial charge on any atom is 0.223 e. The zero-order valence-corrected chi connectivity index (χ0v) is 14.9. The zero-order chi connectivity index (χ0) is 17.9. The van der Waals surface area contributed by atoms with E-state index in [1.54, 1.807) is 13.3 Å². The summed E-state index contributed by atoms with van der Waals surface area (Å²) >= 11 is 0. The average Bonchev–Trinajstić information content (AvgIpc) is 3.11. The van der Waals surface area contributed by atoms with E-state index in [1.807, 2.05) is 35.0 Å². The number of rotatable bonds is 5. The van der Waals surface area contributed by atoms with Crippen LogP contribution in [0.3, 0.4) is 0 Å².